The first-order valence-corrected chi connectivity index (χ1v) is 13.5. The Kier molecular flexibility index (Phi) is 7.51. The largest absolute Gasteiger partial charge is 0.365 e. The number of carbonyl (C=O) groups is 2. The summed E-state index contributed by atoms with van der Waals surface area (Å²) in [6, 6.07) is 13.5. The molecule has 0 radical (unpaired) electrons. The Bertz CT molecular complexity index is 1730. The third kappa shape index (κ3) is 5.65. The van der Waals surface area contributed by atoms with E-state index >= 15 is 0 Å². The van der Waals surface area contributed by atoms with Gasteiger partial charge in [0.05, 0.1) is 35.0 Å². The molecule has 0 aliphatic carbocycles. The molecule has 40 heavy (non-hydrogen) atoms. The summed E-state index contributed by atoms with van der Waals surface area (Å²) in [5.74, 6) is -0.128. The molecule has 0 spiro atoms. The Morgan fingerprint density at radius 1 is 1.10 bits per heavy atom. The van der Waals surface area contributed by atoms with E-state index in [1.165, 1.54) is 38.9 Å². The molecule has 204 valence electrons. The zero-order valence-corrected chi connectivity index (χ0v) is 23.5. The molecule has 0 amide bonds. The van der Waals surface area contributed by atoms with Crippen LogP contribution >= 0.6 is 22.9 Å². The van der Waals surface area contributed by atoms with Gasteiger partial charge in [0.25, 0.3) is 11.5 Å². The van der Waals surface area contributed by atoms with Crippen LogP contribution in [0, 0.1) is 5.41 Å². The van der Waals surface area contributed by atoms with Crippen molar-refractivity contribution in [1.29, 1.82) is 0 Å². The van der Waals surface area contributed by atoms with Crippen LogP contribution in [0.3, 0.4) is 0 Å². The van der Waals surface area contributed by atoms with Gasteiger partial charge in [-0.15, -0.1) is 11.3 Å². The fourth-order valence-corrected chi connectivity index (χ4v) is 5.10. The van der Waals surface area contributed by atoms with Crippen LogP contribution < -0.4 is 10.9 Å². The van der Waals surface area contributed by atoms with Crippen molar-refractivity contribution in [3.05, 3.63) is 92.4 Å². The van der Waals surface area contributed by atoms with Crippen LogP contribution in [0.4, 0.5) is 5.82 Å². The van der Waals surface area contributed by atoms with Gasteiger partial charge in [-0.05, 0) is 30.3 Å². The van der Waals surface area contributed by atoms with Crippen LogP contribution in [-0.4, -0.2) is 36.2 Å². The minimum absolute atomic E-state index is 0.0367. The van der Waals surface area contributed by atoms with E-state index in [0.29, 0.717) is 39.2 Å². The molecule has 5 aromatic rings. The van der Waals surface area contributed by atoms with E-state index in [4.69, 9.17) is 16.1 Å². The van der Waals surface area contributed by atoms with Gasteiger partial charge >= 0.3 is 0 Å². The van der Waals surface area contributed by atoms with Gasteiger partial charge in [-0.25, -0.2) is 0 Å². The minimum atomic E-state index is -0.722. The number of nitrogens with zero attached hydrogens (tertiary/aromatic N) is 5. The predicted molar refractivity (Wildman–Crippen MR) is 153 cm³/mol. The average Bonchev–Trinajstić information content (AvgIpc) is 3.69. The number of ketones is 1. The Balaban J connectivity index is 1.65. The average molecular weight is 577 g/mol. The van der Waals surface area contributed by atoms with Gasteiger partial charge in [0, 0.05) is 52.0 Å². The van der Waals surface area contributed by atoms with E-state index in [1.54, 1.807) is 36.7 Å². The third-order valence-electron chi connectivity index (χ3n) is 6.02. The summed E-state index contributed by atoms with van der Waals surface area (Å²) in [5, 5.41) is 11.6. The van der Waals surface area contributed by atoms with Crippen LogP contribution in [0.25, 0.3) is 22.5 Å². The number of thiophene rings is 1. The van der Waals surface area contributed by atoms with Gasteiger partial charge in [0.1, 0.15) is 5.82 Å². The number of hydrogen-bond acceptors (Lipinski definition) is 9. The highest BCUT2D eigenvalue weighted by atomic mass is 35.5. The van der Waals surface area contributed by atoms with E-state index in [-0.39, 0.29) is 18.2 Å². The maximum absolute atomic E-state index is 13.4. The fraction of sp³-hybridized carbons (Fsp3) is 0.214. The number of carbonyl (C=O) groups excluding carboxylic acids is 2. The lowest BCUT2D eigenvalue weighted by Gasteiger charge is -2.18. The summed E-state index contributed by atoms with van der Waals surface area (Å²) in [5.41, 5.74) is 0.886. The number of rotatable bonds is 8. The molecule has 0 bridgehead atoms. The minimum Gasteiger partial charge on any atom is -0.365 e. The standard InChI is InChI=1S/C28H25ClN6O4S/c1-28(2,3)27(38)35-24(31-15-18-6-8-23(29)40-18)13-20(33-35)19-7-9-25(37)34(16-21(36)22-10-12-32-39-22)26(19)17-5-4-11-30-14-17/h4-14,31H,15-16H2,1-3H3. The lowest BCUT2D eigenvalue weighted by atomic mass is 9.96. The Labute approximate surface area is 238 Å². The highest BCUT2D eigenvalue weighted by molar-refractivity contribution is 7.16. The Morgan fingerprint density at radius 3 is 2.58 bits per heavy atom. The summed E-state index contributed by atoms with van der Waals surface area (Å²) in [7, 11) is 0. The molecule has 5 aromatic heterocycles. The van der Waals surface area contributed by atoms with Crippen molar-refractivity contribution in [3.63, 3.8) is 0 Å². The molecule has 5 heterocycles. The van der Waals surface area contributed by atoms with Gasteiger partial charge in [0.15, 0.2) is 0 Å². The van der Waals surface area contributed by atoms with Gasteiger partial charge in [-0.2, -0.15) is 9.78 Å². The predicted octanol–water partition coefficient (Wildman–Crippen LogP) is 5.66. The van der Waals surface area contributed by atoms with Crippen molar-refractivity contribution in [1.82, 2.24) is 24.5 Å². The number of nitrogens with one attached hydrogen (secondary N) is 1. The van der Waals surface area contributed by atoms with Gasteiger partial charge < -0.3 is 9.84 Å². The number of Topliss-reactive ketones (excluding diaryl/α,β-unsaturated/α-hetero) is 1. The molecule has 0 fully saturated rings. The molecule has 1 N–H and O–H groups in total. The monoisotopic (exact) mass is 576 g/mol. The smallest absolute Gasteiger partial charge is 0.254 e. The lowest BCUT2D eigenvalue weighted by molar-refractivity contribution is 0.0752. The van der Waals surface area contributed by atoms with Gasteiger partial charge in [-0.3, -0.25) is 23.9 Å². The van der Waals surface area contributed by atoms with E-state index in [0.717, 1.165) is 4.88 Å². The summed E-state index contributed by atoms with van der Waals surface area (Å²) in [6.45, 7) is 5.58. The van der Waals surface area contributed by atoms with E-state index < -0.39 is 16.8 Å². The van der Waals surface area contributed by atoms with Crippen molar-refractivity contribution in [2.24, 2.45) is 5.41 Å². The van der Waals surface area contributed by atoms with Crippen molar-refractivity contribution < 1.29 is 14.1 Å². The molecule has 10 nitrogen and oxygen atoms in total. The van der Waals surface area contributed by atoms with E-state index in [1.807, 2.05) is 32.9 Å². The number of pyridine rings is 2. The van der Waals surface area contributed by atoms with Crippen LogP contribution in [0.15, 0.2) is 76.4 Å². The SMILES string of the molecule is CC(C)(C)C(=O)n1nc(-c2ccc(=O)n(CC(=O)c3ccno3)c2-c2cccnc2)cc1NCc1ccc(Cl)s1. The zero-order chi connectivity index (χ0) is 28.4. The normalized spacial score (nSPS) is 11.5. The van der Waals surface area contributed by atoms with Crippen LogP contribution in [0.1, 0.15) is 41.0 Å². The summed E-state index contributed by atoms with van der Waals surface area (Å²) >= 11 is 7.53. The molecule has 12 heteroatoms. The maximum atomic E-state index is 13.4. The first-order valence-electron chi connectivity index (χ1n) is 12.3. The molecule has 0 unspecified atom stereocenters. The molecule has 0 saturated carbocycles. The second-order valence-corrected chi connectivity index (χ2v) is 11.8. The van der Waals surface area contributed by atoms with Gasteiger partial charge in [0.2, 0.25) is 11.5 Å². The van der Waals surface area contributed by atoms with Crippen molar-refractivity contribution >= 4 is 40.4 Å². The summed E-state index contributed by atoms with van der Waals surface area (Å²) in [4.78, 5) is 44.7. The fourth-order valence-electron chi connectivity index (χ4n) is 4.07. The molecular formula is C28H25ClN6O4S. The van der Waals surface area contributed by atoms with Gasteiger partial charge in [-0.1, -0.05) is 37.5 Å². The molecule has 0 aliphatic rings. The topological polar surface area (TPSA) is 125 Å². The third-order valence-corrected chi connectivity index (χ3v) is 7.26. The first-order chi connectivity index (χ1) is 19.1. The van der Waals surface area contributed by atoms with Crippen LogP contribution in [0.2, 0.25) is 4.34 Å². The lowest BCUT2D eigenvalue weighted by Crippen LogP contribution is -2.29. The quantitative estimate of drug-likeness (QED) is 0.235. The van der Waals surface area contributed by atoms with Crippen molar-refractivity contribution in [3.8, 4) is 22.5 Å². The summed E-state index contributed by atoms with van der Waals surface area (Å²) in [6.07, 6.45) is 4.58. The Morgan fingerprint density at radius 2 is 1.93 bits per heavy atom. The number of hydrogen-bond donors (Lipinski definition) is 1. The Hall–Kier alpha value is -4.35. The second-order valence-electron chi connectivity index (χ2n) is 10.0. The number of aromatic nitrogens is 5. The molecule has 5 rings (SSSR count). The van der Waals surface area contributed by atoms with Crippen molar-refractivity contribution in [2.45, 2.75) is 33.9 Å². The van der Waals surface area contributed by atoms with Crippen LogP contribution in [0.5, 0.6) is 0 Å². The second kappa shape index (κ2) is 11.0. The maximum Gasteiger partial charge on any atom is 0.254 e. The molecule has 0 saturated heterocycles. The van der Waals surface area contributed by atoms with Crippen molar-refractivity contribution in [2.75, 3.05) is 5.32 Å². The van der Waals surface area contributed by atoms with E-state index in [9.17, 15) is 14.4 Å². The number of halogens is 1. The van der Waals surface area contributed by atoms with E-state index in [2.05, 4.69) is 20.6 Å². The first kappa shape index (κ1) is 27.2. The zero-order valence-electron chi connectivity index (χ0n) is 21.9. The molecule has 0 aliphatic heterocycles. The summed E-state index contributed by atoms with van der Waals surface area (Å²) < 4.78 is 8.37. The molecule has 0 atom stereocenters. The van der Waals surface area contributed by atoms with Crippen LogP contribution in [-0.2, 0) is 13.1 Å². The number of anilines is 1. The molecular weight excluding hydrogens is 552 g/mol. The highest BCUT2D eigenvalue weighted by Crippen LogP contribution is 2.33. The molecule has 0 aromatic carbocycles. The highest BCUT2D eigenvalue weighted by Gasteiger charge is 2.28.